The lowest BCUT2D eigenvalue weighted by molar-refractivity contribution is -0.131. The zero-order chi connectivity index (χ0) is 21.7. The van der Waals surface area contributed by atoms with E-state index < -0.39 is 6.09 Å². The van der Waals surface area contributed by atoms with Gasteiger partial charge in [-0.15, -0.1) is 0 Å². The molecule has 0 bridgehead atoms. The number of benzene rings is 1. The number of amides is 2. The molecule has 1 saturated heterocycles. The maximum absolute atomic E-state index is 12.6. The summed E-state index contributed by atoms with van der Waals surface area (Å²) in [4.78, 5) is 35.6. The van der Waals surface area contributed by atoms with E-state index in [0.29, 0.717) is 26.1 Å². The summed E-state index contributed by atoms with van der Waals surface area (Å²) in [6.07, 6.45) is 4.91. The number of nitrogens with zero attached hydrogens (tertiary/aromatic N) is 3. The second kappa shape index (κ2) is 7.41. The van der Waals surface area contributed by atoms with Gasteiger partial charge in [0.25, 0.3) is 0 Å². The molecule has 0 aliphatic carbocycles. The van der Waals surface area contributed by atoms with E-state index in [4.69, 9.17) is 0 Å². The minimum Gasteiger partial charge on any atom is -0.465 e. The van der Waals surface area contributed by atoms with E-state index in [1.165, 1.54) is 0 Å². The van der Waals surface area contributed by atoms with Crippen molar-refractivity contribution >= 4 is 23.0 Å². The molecule has 31 heavy (non-hydrogen) atoms. The first-order chi connectivity index (χ1) is 15.0. The van der Waals surface area contributed by atoms with Crippen LogP contribution in [0.2, 0.25) is 0 Å². The Kier molecular flexibility index (Phi) is 4.68. The Morgan fingerprint density at radius 1 is 1.29 bits per heavy atom. The van der Waals surface area contributed by atoms with Crippen LogP contribution >= 0.6 is 0 Å². The van der Waals surface area contributed by atoms with Crippen molar-refractivity contribution in [3.8, 4) is 11.1 Å². The van der Waals surface area contributed by atoms with Crippen molar-refractivity contribution in [2.45, 2.75) is 45.7 Å². The average molecular weight is 418 g/mol. The molecular formula is C24H26N4O3. The standard InChI is InChI=1S/C24H26N4O3/c1-3-27-13-20-16(10-22(27)29)7-15(8-19(20)21-5-4-6-28(21)24(30)31)17-9-18-14(2)11-25-23(18)26-12-17/h7-9,11-12,21H,3-6,10,13H2,1-2H3,(H,25,26)(H,30,31)/t21-/m0/s1. The molecule has 2 N–H and O–H groups in total. The number of likely N-dealkylation sites (tertiary alicyclic amines) is 1. The van der Waals surface area contributed by atoms with Crippen LogP contribution in [0.4, 0.5) is 4.79 Å². The Balaban J connectivity index is 1.68. The number of nitrogens with one attached hydrogen (secondary N) is 1. The van der Waals surface area contributed by atoms with Gasteiger partial charge in [0, 0.05) is 43.0 Å². The number of H-pyrrole nitrogens is 1. The summed E-state index contributed by atoms with van der Waals surface area (Å²) in [6, 6.07) is 6.16. The Hall–Kier alpha value is -3.35. The van der Waals surface area contributed by atoms with Crippen LogP contribution in [-0.2, 0) is 17.8 Å². The smallest absolute Gasteiger partial charge is 0.407 e. The van der Waals surface area contributed by atoms with Gasteiger partial charge < -0.3 is 19.9 Å². The monoisotopic (exact) mass is 418 g/mol. The maximum atomic E-state index is 12.6. The molecule has 2 aliphatic heterocycles. The van der Waals surface area contributed by atoms with Crippen LogP contribution in [0.15, 0.2) is 30.6 Å². The minimum atomic E-state index is -0.882. The van der Waals surface area contributed by atoms with Gasteiger partial charge in [-0.05, 0) is 66.6 Å². The number of hydrogen-bond donors (Lipinski definition) is 2. The average Bonchev–Trinajstić information content (AvgIpc) is 3.39. The summed E-state index contributed by atoms with van der Waals surface area (Å²) in [6.45, 7) is 5.77. The lowest BCUT2D eigenvalue weighted by Crippen LogP contribution is -2.37. The molecule has 0 radical (unpaired) electrons. The molecule has 0 unspecified atom stereocenters. The van der Waals surface area contributed by atoms with Gasteiger partial charge in [0.15, 0.2) is 0 Å². The number of carbonyl (C=O) groups is 2. The third-order valence-electron chi connectivity index (χ3n) is 6.73. The Labute approximate surface area is 180 Å². The lowest BCUT2D eigenvalue weighted by atomic mass is 9.86. The van der Waals surface area contributed by atoms with Gasteiger partial charge >= 0.3 is 6.09 Å². The van der Waals surface area contributed by atoms with Gasteiger partial charge in [-0.2, -0.15) is 0 Å². The Bertz CT molecular complexity index is 1200. The highest BCUT2D eigenvalue weighted by Gasteiger charge is 2.34. The van der Waals surface area contributed by atoms with Gasteiger partial charge in [0.05, 0.1) is 12.5 Å². The number of aromatic nitrogens is 2. The van der Waals surface area contributed by atoms with Gasteiger partial charge in [-0.1, -0.05) is 6.07 Å². The summed E-state index contributed by atoms with van der Waals surface area (Å²) in [5.41, 5.74) is 7.08. The third-order valence-corrected chi connectivity index (χ3v) is 6.73. The maximum Gasteiger partial charge on any atom is 0.407 e. The summed E-state index contributed by atoms with van der Waals surface area (Å²) in [5, 5.41) is 10.8. The van der Waals surface area contributed by atoms with Gasteiger partial charge in [0.1, 0.15) is 5.65 Å². The number of rotatable bonds is 3. The number of carboxylic acid groups (broad SMARTS) is 1. The van der Waals surface area contributed by atoms with Gasteiger partial charge in [-0.25, -0.2) is 9.78 Å². The number of likely N-dealkylation sites (N-methyl/N-ethyl adjacent to an activating group) is 1. The number of aryl methyl sites for hydroxylation is 1. The van der Waals surface area contributed by atoms with Crippen molar-refractivity contribution in [2.75, 3.05) is 13.1 Å². The molecule has 2 aliphatic rings. The van der Waals surface area contributed by atoms with Gasteiger partial charge in [0.2, 0.25) is 5.91 Å². The van der Waals surface area contributed by atoms with Crippen molar-refractivity contribution < 1.29 is 14.7 Å². The zero-order valence-electron chi connectivity index (χ0n) is 17.8. The molecule has 1 fully saturated rings. The minimum absolute atomic E-state index is 0.120. The fourth-order valence-electron chi connectivity index (χ4n) is 5.02. The van der Waals surface area contributed by atoms with Crippen LogP contribution in [-0.4, -0.2) is 50.0 Å². The van der Waals surface area contributed by atoms with Crippen LogP contribution < -0.4 is 0 Å². The largest absolute Gasteiger partial charge is 0.465 e. The van der Waals surface area contributed by atoms with Crippen LogP contribution in [0.5, 0.6) is 0 Å². The fraction of sp³-hybridized carbons (Fsp3) is 0.375. The van der Waals surface area contributed by atoms with Crippen molar-refractivity contribution in [2.24, 2.45) is 0 Å². The Morgan fingerprint density at radius 3 is 2.90 bits per heavy atom. The summed E-state index contributed by atoms with van der Waals surface area (Å²) in [7, 11) is 0. The summed E-state index contributed by atoms with van der Waals surface area (Å²) >= 11 is 0. The first-order valence-corrected chi connectivity index (χ1v) is 10.8. The second-order valence-corrected chi connectivity index (χ2v) is 8.51. The van der Waals surface area contributed by atoms with Crippen molar-refractivity contribution in [1.82, 2.24) is 19.8 Å². The van der Waals surface area contributed by atoms with E-state index in [9.17, 15) is 14.7 Å². The number of hydrogen-bond acceptors (Lipinski definition) is 3. The lowest BCUT2D eigenvalue weighted by Gasteiger charge is -2.33. The van der Waals surface area contributed by atoms with Crippen LogP contribution in [0.1, 0.15) is 48.1 Å². The zero-order valence-corrected chi connectivity index (χ0v) is 17.8. The molecule has 160 valence electrons. The highest BCUT2D eigenvalue weighted by Crippen LogP contribution is 2.40. The first-order valence-electron chi connectivity index (χ1n) is 10.8. The molecule has 3 aromatic rings. The third kappa shape index (κ3) is 3.24. The van der Waals surface area contributed by atoms with E-state index in [1.807, 2.05) is 31.1 Å². The van der Waals surface area contributed by atoms with E-state index >= 15 is 0 Å². The molecule has 1 aromatic carbocycles. The number of carbonyl (C=O) groups excluding carboxylic acids is 1. The van der Waals surface area contributed by atoms with Crippen LogP contribution in [0.3, 0.4) is 0 Å². The van der Waals surface area contributed by atoms with Crippen molar-refractivity contribution in [1.29, 1.82) is 0 Å². The van der Waals surface area contributed by atoms with Crippen LogP contribution in [0.25, 0.3) is 22.2 Å². The summed E-state index contributed by atoms with van der Waals surface area (Å²) in [5.74, 6) is 0.120. The Morgan fingerprint density at radius 2 is 2.13 bits per heavy atom. The second-order valence-electron chi connectivity index (χ2n) is 8.51. The molecule has 2 aromatic heterocycles. The van der Waals surface area contributed by atoms with E-state index in [-0.39, 0.29) is 11.9 Å². The van der Waals surface area contributed by atoms with Crippen LogP contribution in [0, 0.1) is 6.92 Å². The predicted molar refractivity (Wildman–Crippen MR) is 118 cm³/mol. The van der Waals surface area contributed by atoms with E-state index in [1.54, 1.807) is 4.90 Å². The highest BCUT2D eigenvalue weighted by atomic mass is 16.4. The molecular weight excluding hydrogens is 392 g/mol. The molecule has 2 amide bonds. The van der Waals surface area contributed by atoms with E-state index in [2.05, 4.69) is 28.2 Å². The molecule has 4 heterocycles. The predicted octanol–water partition coefficient (Wildman–Crippen LogP) is 4.26. The SMILES string of the molecule is CCN1Cc2c(cc(-c3cnc4[nH]cc(C)c4c3)cc2[C@@H]2CCCN2C(=O)O)CC1=O. The fourth-order valence-corrected chi connectivity index (χ4v) is 5.02. The van der Waals surface area contributed by atoms with E-state index in [0.717, 1.165) is 57.3 Å². The number of fused-ring (bicyclic) bond motifs is 2. The van der Waals surface area contributed by atoms with Crippen molar-refractivity contribution in [3.05, 3.63) is 52.8 Å². The molecule has 1 atom stereocenters. The quantitative estimate of drug-likeness (QED) is 0.665. The molecule has 5 rings (SSSR count). The van der Waals surface area contributed by atoms with Gasteiger partial charge in [-0.3, -0.25) is 4.79 Å². The molecule has 0 spiro atoms. The topological polar surface area (TPSA) is 89.5 Å². The first kappa shape index (κ1) is 19.6. The highest BCUT2D eigenvalue weighted by molar-refractivity contribution is 5.86. The number of pyridine rings is 1. The van der Waals surface area contributed by atoms with Crippen molar-refractivity contribution in [3.63, 3.8) is 0 Å². The molecule has 7 nitrogen and oxygen atoms in total. The normalized spacial score (nSPS) is 18.6. The molecule has 0 saturated carbocycles. The number of aromatic amines is 1. The summed E-state index contributed by atoms with van der Waals surface area (Å²) < 4.78 is 0. The molecule has 7 heteroatoms.